The Morgan fingerprint density at radius 3 is 3.21 bits per heavy atom. The van der Waals surface area contributed by atoms with Crippen molar-refractivity contribution in [3.8, 4) is 0 Å². The van der Waals surface area contributed by atoms with Gasteiger partial charge in [0.15, 0.2) is 4.77 Å². The maximum absolute atomic E-state index is 5.02. The molecule has 1 N–H and O–H groups in total. The van der Waals surface area contributed by atoms with Crippen molar-refractivity contribution in [1.82, 2.24) is 14.9 Å². The molecule has 1 aliphatic heterocycles. The Kier molecular flexibility index (Phi) is 2.93. The molecule has 14 heavy (non-hydrogen) atoms. The molecule has 1 aromatic heterocycles. The summed E-state index contributed by atoms with van der Waals surface area (Å²) in [6, 6.07) is 2.04. The molecule has 1 aliphatic rings. The largest absolute Gasteiger partial charge is 0.334 e. The Hall–Kier alpha value is -0.740. The first-order valence-corrected chi connectivity index (χ1v) is 5.40. The van der Waals surface area contributed by atoms with Crippen molar-refractivity contribution in [2.24, 2.45) is 0 Å². The van der Waals surface area contributed by atoms with Gasteiger partial charge in [0.1, 0.15) is 0 Å². The minimum atomic E-state index is 0.593. The zero-order chi connectivity index (χ0) is 9.97. The summed E-state index contributed by atoms with van der Waals surface area (Å²) in [6.45, 7) is 2.33. The fourth-order valence-electron chi connectivity index (χ4n) is 2.04. The summed E-state index contributed by atoms with van der Waals surface area (Å²) in [5.41, 5.74) is 1.23. The van der Waals surface area contributed by atoms with Crippen LogP contribution in [0.3, 0.4) is 0 Å². The SMILES string of the molecule is CN1CCCC(c2ccnc(=S)[nH]2)C1. The van der Waals surface area contributed by atoms with E-state index in [0.717, 1.165) is 6.54 Å². The zero-order valence-corrected chi connectivity index (χ0v) is 9.18. The van der Waals surface area contributed by atoms with E-state index >= 15 is 0 Å². The van der Waals surface area contributed by atoms with E-state index < -0.39 is 0 Å². The molecule has 2 rings (SSSR count). The first-order chi connectivity index (χ1) is 6.75. The van der Waals surface area contributed by atoms with Crippen molar-refractivity contribution in [3.63, 3.8) is 0 Å². The molecular formula is C10H15N3S. The predicted molar refractivity (Wildman–Crippen MR) is 58.9 cm³/mol. The van der Waals surface area contributed by atoms with Gasteiger partial charge in [-0.15, -0.1) is 0 Å². The Balaban J connectivity index is 2.18. The second-order valence-electron chi connectivity index (χ2n) is 3.93. The van der Waals surface area contributed by atoms with Crippen LogP contribution in [0.4, 0.5) is 0 Å². The van der Waals surface area contributed by atoms with Gasteiger partial charge in [-0.1, -0.05) is 0 Å². The standard InChI is InChI=1S/C10H15N3S/c1-13-6-2-3-8(7-13)9-4-5-11-10(14)12-9/h4-5,8H,2-3,6-7H2,1H3,(H,11,12,14). The number of nitrogens with zero attached hydrogens (tertiary/aromatic N) is 2. The summed E-state index contributed by atoms with van der Waals surface area (Å²) in [4.78, 5) is 9.54. The molecule has 0 aliphatic carbocycles. The molecule has 1 aromatic rings. The van der Waals surface area contributed by atoms with Crippen LogP contribution in [-0.4, -0.2) is 35.0 Å². The summed E-state index contributed by atoms with van der Waals surface area (Å²) in [6.07, 6.45) is 4.31. The molecule has 1 unspecified atom stereocenters. The summed E-state index contributed by atoms with van der Waals surface area (Å²) in [5, 5.41) is 0. The molecule has 1 fully saturated rings. The summed E-state index contributed by atoms with van der Waals surface area (Å²) >= 11 is 5.02. The number of rotatable bonds is 1. The summed E-state index contributed by atoms with van der Waals surface area (Å²) in [5.74, 6) is 0.596. The van der Waals surface area contributed by atoms with Gasteiger partial charge in [-0.05, 0) is 44.7 Å². The molecule has 1 saturated heterocycles. The molecule has 0 radical (unpaired) electrons. The number of nitrogens with one attached hydrogen (secondary N) is 1. The van der Waals surface area contributed by atoms with Crippen LogP contribution < -0.4 is 0 Å². The fraction of sp³-hybridized carbons (Fsp3) is 0.600. The molecule has 0 spiro atoms. The van der Waals surface area contributed by atoms with Crippen LogP contribution in [-0.2, 0) is 0 Å². The van der Waals surface area contributed by atoms with Gasteiger partial charge < -0.3 is 9.88 Å². The van der Waals surface area contributed by atoms with Crippen molar-refractivity contribution < 1.29 is 0 Å². The Morgan fingerprint density at radius 2 is 2.50 bits per heavy atom. The number of hydrogen-bond acceptors (Lipinski definition) is 3. The molecular weight excluding hydrogens is 194 g/mol. The highest BCUT2D eigenvalue weighted by molar-refractivity contribution is 7.71. The van der Waals surface area contributed by atoms with Crippen LogP contribution in [0.1, 0.15) is 24.5 Å². The van der Waals surface area contributed by atoms with E-state index in [0.29, 0.717) is 10.7 Å². The number of H-pyrrole nitrogens is 1. The third-order valence-electron chi connectivity index (χ3n) is 2.76. The minimum absolute atomic E-state index is 0.593. The number of piperidine rings is 1. The van der Waals surface area contributed by atoms with Gasteiger partial charge >= 0.3 is 0 Å². The Morgan fingerprint density at radius 1 is 1.64 bits per heavy atom. The van der Waals surface area contributed by atoms with Crippen LogP contribution in [0.2, 0.25) is 0 Å². The Bertz CT molecular complexity index is 360. The molecule has 2 heterocycles. The zero-order valence-electron chi connectivity index (χ0n) is 8.36. The van der Waals surface area contributed by atoms with Gasteiger partial charge in [-0.3, -0.25) is 0 Å². The number of likely N-dealkylation sites (N-methyl/N-ethyl adjacent to an activating group) is 1. The number of aromatic amines is 1. The highest BCUT2D eigenvalue weighted by Crippen LogP contribution is 2.23. The maximum Gasteiger partial charge on any atom is 0.196 e. The van der Waals surface area contributed by atoms with Gasteiger partial charge in [-0.2, -0.15) is 0 Å². The van der Waals surface area contributed by atoms with E-state index in [1.807, 2.05) is 6.07 Å². The van der Waals surface area contributed by atoms with Gasteiger partial charge in [-0.25, -0.2) is 4.98 Å². The van der Waals surface area contributed by atoms with Crippen molar-refractivity contribution in [1.29, 1.82) is 0 Å². The van der Waals surface area contributed by atoms with E-state index in [-0.39, 0.29) is 0 Å². The summed E-state index contributed by atoms with van der Waals surface area (Å²) in [7, 11) is 2.17. The quantitative estimate of drug-likeness (QED) is 0.717. The molecule has 3 nitrogen and oxygen atoms in total. The highest BCUT2D eigenvalue weighted by Gasteiger charge is 2.18. The van der Waals surface area contributed by atoms with Crippen LogP contribution in [0.5, 0.6) is 0 Å². The lowest BCUT2D eigenvalue weighted by Crippen LogP contribution is -2.31. The third kappa shape index (κ3) is 2.19. The average molecular weight is 209 g/mol. The average Bonchev–Trinajstić information content (AvgIpc) is 2.18. The number of hydrogen-bond donors (Lipinski definition) is 1. The van der Waals surface area contributed by atoms with Crippen molar-refractivity contribution in [2.75, 3.05) is 20.1 Å². The third-order valence-corrected chi connectivity index (χ3v) is 2.97. The molecule has 76 valence electrons. The Labute approximate surface area is 89.2 Å². The number of likely N-dealkylation sites (tertiary alicyclic amines) is 1. The lowest BCUT2D eigenvalue weighted by molar-refractivity contribution is 0.248. The fourth-order valence-corrected chi connectivity index (χ4v) is 2.22. The van der Waals surface area contributed by atoms with Crippen LogP contribution >= 0.6 is 12.2 Å². The normalized spacial score (nSPS) is 23.6. The molecule has 0 amide bonds. The first-order valence-electron chi connectivity index (χ1n) is 4.99. The second kappa shape index (κ2) is 4.19. The minimum Gasteiger partial charge on any atom is -0.334 e. The van der Waals surface area contributed by atoms with Gasteiger partial charge in [0.2, 0.25) is 0 Å². The van der Waals surface area contributed by atoms with Gasteiger partial charge in [0.05, 0.1) is 0 Å². The van der Waals surface area contributed by atoms with Crippen LogP contribution in [0, 0.1) is 4.77 Å². The molecule has 0 aromatic carbocycles. The molecule has 0 bridgehead atoms. The van der Waals surface area contributed by atoms with Crippen molar-refractivity contribution >= 4 is 12.2 Å². The lowest BCUT2D eigenvalue weighted by atomic mass is 9.95. The van der Waals surface area contributed by atoms with Crippen LogP contribution in [0.25, 0.3) is 0 Å². The van der Waals surface area contributed by atoms with E-state index in [4.69, 9.17) is 12.2 Å². The van der Waals surface area contributed by atoms with Crippen LogP contribution in [0.15, 0.2) is 12.3 Å². The van der Waals surface area contributed by atoms with Crippen molar-refractivity contribution in [3.05, 3.63) is 22.7 Å². The monoisotopic (exact) mass is 209 g/mol. The topological polar surface area (TPSA) is 31.9 Å². The first kappa shape index (κ1) is 9.80. The highest BCUT2D eigenvalue weighted by atomic mass is 32.1. The van der Waals surface area contributed by atoms with E-state index in [9.17, 15) is 0 Å². The van der Waals surface area contributed by atoms with Gasteiger partial charge in [0, 0.05) is 24.4 Å². The van der Waals surface area contributed by atoms with Crippen molar-refractivity contribution in [2.45, 2.75) is 18.8 Å². The van der Waals surface area contributed by atoms with E-state index in [1.165, 1.54) is 25.1 Å². The number of aromatic nitrogens is 2. The van der Waals surface area contributed by atoms with Gasteiger partial charge in [0.25, 0.3) is 0 Å². The van der Waals surface area contributed by atoms with E-state index in [1.54, 1.807) is 6.20 Å². The second-order valence-corrected chi connectivity index (χ2v) is 4.32. The molecule has 1 atom stereocenters. The smallest absolute Gasteiger partial charge is 0.196 e. The maximum atomic E-state index is 5.02. The predicted octanol–water partition coefficient (Wildman–Crippen LogP) is 1.95. The molecule has 4 heteroatoms. The molecule has 0 saturated carbocycles. The van der Waals surface area contributed by atoms with E-state index in [2.05, 4.69) is 21.9 Å². The lowest BCUT2D eigenvalue weighted by Gasteiger charge is -2.29. The summed E-state index contributed by atoms with van der Waals surface area (Å²) < 4.78 is 0.593.